The van der Waals surface area contributed by atoms with Gasteiger partial charge in [0.1, 0.15) is 0 Å². The van der Waals surface area contributed by atoms with Gasteiger partial charge in [0.15, 0.2) is 11.7 Å². The van der Waals surface area contributed by atoms with E-state index in [-0.39, 0.29) is 11.7 Å². The topological polar surface area (TPSA) is 115 Å². The molecule has 4 N–H and O–H groups in total. The minimum atomic E-state index is -0.611. The van der Waals surface area contributed by atoms with E-state index in [1.54, 1.807) is 47.9 Å². The van der Waals surface area contributed by atoms with Crippen LogP contribution >= 0.6 is 0 Å². The number of hydroxylamine groups is 1. The summed E-state index contributed by atoms with van der Waals surface area (Å²) in [5.74, 6) is -0.774. The second-order valence-corrected chi connectivity index (χ2v) is 6.59. The number of hydrogen-bond acceptors (Lipinski definition) is 5. The number of aliphatic imine (C=N–C) groups is 1. The third-order valence-electron chi connectivity index (χ3n) is 4.69. The Morgan fingerprint density at radius 1 is 0.900 bits per heavy atom. The lowest BCUT2D eigenvalue weighted by atomic mass is 10.0. The van der Waals surface area contributed by atoms with Gasteiger partial charge in [0.2, 0.25) is 0 Å². The third kappa shape index (κ3) is 3.69. The molecule has 0 aliphatic carbocycles. The molecule has 0 unspecified atom stereocenters. The van der Waals surface area contributed by atoms with Crippen LogP contribution in [0.25, 0.3) is 10.9 Å². The highest BCUT2D eigenvalue weighted by Crippen LogP contribution is 2.28. The molecule has 0 saturated carbocycles. The van der Waals surface area contributed by atoms with E-state index in [1.807, 2.05) is 18.2 Å². The van der Waals surface area contributed by atoms with Crippen LogP contribution in [0.3, 0.4) is 0 Å². The van der Waals surface area contributed by atoms with Crippen molar-refractivity contribution in [3.63, 3.8) is 0 Å². The Morgan fingerprint density at radius 3 is 2.30 bits per heavy atom. The molecular formula is C23H17N3O4. The first-order chi connectivity index (χ1) is 14.6. The summed E-state index contributed by atoms with van der Waals surface area (Å²) in [4.78, 5) is 31.2. The summed E-state index contributed by atoms with van der Waals surface area (Å²) >= 11 is 0. The molecule has 0 atom stereocenters. The number of H-pyrrole nitrogens is 1. The number of aromatic amines is 1. The highest BCUT2D eigenvalue weighted by atomic mass is 16.5. The van der Waals surface area contributed by atoms with Gasteiger partial charge in [0, 0.05) is 33.8 Å². The Labute approximate surface area is 171 Å². The van der Waals surface area contributed by atoms with Crippen LogP contribution in [0.5, 0.6) is 5.88 Å². The minimum Gasteiger partial charge on any atom is -0.494 e. The molecule has 0 saturated heterocycles. The van der Waals surface area contributed by atoms with Gasteiger partial charge >= 0.3 is 0 Å². The van der Waals surface area contributed by atoms with E-state index < -0.39 is 5.91 Å². The second kappa shape index (κ2) is 8.02. The Kier molecular flexibility index (Phi) is 5.11. The summed E-state index contributed by atoms with van der Waals surface area (Å²) in [6.07, 6.45) is 1.51. The van der Waals surface area contributed by atoms with Crippen molar-refractivity contribution in [3.8, 4) is 5.88 Å². The maximum atomic E-state index is 12.6. The maximum Gasteiger partial charge on any atom is 0.274 e. The van der Waals surface area contributed by atoms with Crippen molar-refractivity contribution >= 4 is 34.5 Å². The summed E-state index contributed by atoms with van der Waals surface area (Å²) in [6.45, 7) is 0. The van der Waals surface area contributed by atoms with Gasteiger partial charge in [-0.2, -0.15) is 0 Å². The number of ketones is 1. The van der Waals surface area contributed by atoms with E-state index in [2.05, 4.69) is 9.98 Å². The molecule has 0 aliphatic heterocycles. The molecule has 0 spiro atoms. The average molecular weight is 399 g/mol. The first kappa shape index (κ1) is 19.1. The number of nitrogens with zero attached hydrogens (tertiary/aromatic N) is 1. The van der Waals surface area contributed by atoms with Gasteiger partial charge in [0.05, 0.1) is 11.3 Å². The predicted molar refractivity (Wildman–Crippen MR) is 113 cm³/mol. The van der Waals surface area contributed by atoms with Gasteiger partial charge in [-0.1, -0.05) is 42.5 Å². The van der Waals surface area contributed by atoms with Gasteiger partial charge in [-0.05, 0) is 30.3 Å². The van der Waals surface area contributed by atoms with Crippen LogP contribution in [0, 0.1) is 0 Å². The number of hydrogen-bond donors (Lipinski definition) is 4. The number of amides is 1. The lowest BCUT2D eigenvalue weighted by molar-refractivity contribution is 0.0706. The van der Waals surface area contributed by atoms with E-state index in [4.69, 9.17) is 5.21 Å². The number of nitrogens with one attached hydrogen (secondary N) is 2. The van der Waals surface area contributed by atoms with Crippen molar-refractivity contribution < 1.29 is 19.9 Å². The van der Waals surface area contributed by atoms with Crippen molar-refractivity contribution in [1.29, 1.82) is 0 Å². The normalized spacial score (nSPS) is 11.1. The predicted octanol–water partition coefficient (Wildman–Crippen LogP) is 3.97. The zero-order valence-electron chi connectivity index (χ0n) is 15.7. The highest BCUT2D eigenvalue weighted by molar-refractivity contribution is 6.12. The summed E-state index contributed by atoms with van der Waals surface area (Å²) in [5.41, 5.74) is 4.63. The number of carbonyl (C=O) groups is 2. The Hall–Kier alpha value is -4.23. The smallest absolute Gasteiger partial charge is 0.274 e. The molecule has 7 heteroatoms. The molecule has 4 aromatic rings. The maximum absolute atomic E-state index is 12.6. The van der Waals surface area contributed by atoms with Crippen LogP contribution in [0.15, 0.2) is 77.8 Å². The van der Waals surface area contributed by atoms with E-state index in [9.17, 15) is 14.7 Å². The van der Waals surface area contributed by atoms with Crippen LogP contribution in [0.4, 0.5) is 5.69 Å². The molecular weight excluding hydrogens is 382 g/mol. The number of aromatic nitrogens is 1. The van der Waals surface area contributed by atoms with E-state index in [0.29, 0.717) is 33.5 Å². The van der Waals surface area contributed by atoms with Gasteiger partial charge in [0.25, 0.3) is 5.91 Å². The quantitative estimate of drug-likeness (QED) is 0.176. The minimum absolute atomic E-state index is 0.0608. The van der Waals surface area contributed by atoms with E-state index in [1.165, 1.54) is 18.3 Å². The average Bonchev–Trinajstić information content (AvgIpc) is 3.11. The number of carbonyl (C=O) groups excluding carboxylic acids is 2. The van der Waals surface area contributed by atoms with Crippen molar-refractivity contribution in [1.82, 2.24) is 10.5 Å². The van der Waals surface area contributed by atoms with Gasteiger partial charge in [-0.3, -0.25) is 19.8 Å². The molecule has 148 valence electrons. The number of fused-ring (bicyclic) bond motifs is 1. The Morgan fingerprint density at radius 2 is 1.60 bits per heavy atom. The SMILES string of the molecule is O=C(NO)c1ccc(N=Cc2c(O)[nH]c3cc(C(=O)c4ccccc4)ccc23)cc1. The van der Waals surface area contributed by atoms with Gasteiger partial charge < -0.3 is 10.1 Å². The fourth-order valence-electron chi connectivity index (χ4n) is 3.14. The summed E-state index contributed by atoms with van der Waals surface area (Å²) in [7, 11) is 0. The van der Waals surface area contributed by atoms with Crippen molar-refractivity contribution in [2.24, 2.45) is 4.99 Å². The van der Waals surface area contributed by atoms with Crippen molar-refractivity contribution in [2.75, 3.05) is 0 Å². The summed E-state index contributed by atoms with van der Waals surface area (Å²) in [6, 6.07) is 20.4. The molecule has 1 amide bonds. The van der Waals surface area contributed by atoms with Crippen molar-refractivity contribution in [3.05, 3.63) is 95.1 Å². The lowest BCUT2D eigenvalue weighted by Crippen LogP contribution is -2.18. The third-order valence-corrected chi connectivity index (χ3v) is 4.69. The molecule has 0 fully saturated rings. The number of rotatable bonds is 5. The molecule has 3 aromatic carbocycles. The Balaban J connectivity index is 1.62. The summed E-state index contributed by atoms with van der Waals surface area (Å²) < 4.78 is 0. The molecule has 30 heavy (non-hydrogen) atoms. The monoisotopic (exact) mass is 399 g/mol. The van der Waals surface area contributed by atoms with E-state index in [0.717, 1.165) is 5.39 Å². The van der Waals surface area contributed by atoms with Crippen LogP contribution < -0.4 is 5.48 Å². The highest BCUT2D eigenvalue weighted by Gasteiger charge is 2.13. The Bertz CT molecular complexity index is 1260. The van der Waals surface area contributed by atoms with Gasteiger partial charge in [-0.25, -0.2) is 5.48 Å². The fourth-order valence-corrected chi connectivity index (χ4v) is 3.14. The molecule has 0 radical (unpaired) electrons. The molecule has 7 nitrogen and oxygen atoms in total. The summed E-state index contributed by atoms with van der Waals surface area (Å²) in [5, 5.41) is 19.7. The van der Waals surface area contributed by atoms with Crippen molar-refractivity contribution in [2.45, 2.75) is 0 Å². The van der Waals surface area contributed by atoms with E-state index >= 15 is 0 Å². The molecule has 1 aromatic heterocycles. The number of aromatic hydroxyl groups is 1. The molecule has 0 aliphatic rings. The largest absolute Gasteiger partial charge is 0.494 e. The standard InChI is InChI=1S/C23H17N3O4/c27-21(14-4-2-1-3-5-14)16-8-11-18-19(23(29)25-20(18)12-16)13-24-17-9-6-15(7-10-17)22(28)26-30/h1-13,25,29-30H,(H,26,28). The molecule has 4 rings (SSSR count). The van der Waals surface area contributed by atoms with Crippen LogP contribution in [0.1, 0.15) is 31.8 Å². The first-order valence-corrected chi connectivity index (χ1v) is 9.10. The van der Waals surface area contributed by atoms with Crippen LogP contribution in [-0.4, -0.2) is 33.2 Å². The fraction of sp³-hybridized carbons (Fsp3) is 0. The number of benzene rings is 3. The second-order valence-electron chi connectivity index (χ2n) is 6.59. The van der Waals surface area contributed by atoms with Crippen LogP contribution in [-0.2, 0) is 0 Å². The lowest BCUT2D eigenvalue weighted by Gasteiger charge is -2.01. The zero-order chi connectivity index (χ0) is 21.1. The molecule has 0 bridgehead atoms. The zero-order valence-corrected chi connectivity index (χ0v) is 15.7. The van der Waals surface area contributed by atoms with Crippen LogP contribution in [0.2, 0.25) is 0 Å². The first-order valence-electron chi connectivity index (χ1n) is 9.10. The molecule has 1 heterocycles. The van der Waals surface area contributed by atoms with Gasteiger partial charge in [-0.15, -0.1) is 0 Å².